The predicted molar refractivity (Wildman–Crippen MR) is 171 cm³/mol. The second-order valence-electron chi connectivity index (χ2n) is 13.3. The molecule has 3 saturated heterocycles. The van der Waals surface area contributed by atoms with Crippen molar-refractivity contribution in [2.24, 2.45) is 5.92 Å². The Morgan fingerprint density at radius 3 is 2.70 bits per heavy atom. The SMILES string of the molecule is O=COCc1ccc2cc(CN3CC[C@H]4c5nc(OCc6ccc(C7COC7)cc6F)ccc5COC[C@H]4C3)n(C[C@@H]3CCO3)c2c1. The number of hydrogen-bond acceptors (Lipinski definition) is 8. The number of ether oxygens (including phenoxy) is 5. The second kappa shape index (κ2) is 13.4. The highest BCUT2D eigenvalue weighted by Gasteiger charge is 2.35. The first-order valence-electron chi connectivity index (χ1n) is 16.7. The Balaban J connectivity index is 0.965. The van der Waals surface area contributed by atoms with Crippen LogP contribution in [-0.2, 0) is 56.7 Å². The maximum Gasteiger partial charge on any atom is 0.293 e. The van der Waals surface area contributed by atoms with Crippen molar-refractivity contribution in [3.63, 3.8) is 0 Å². The molecule has 3 fully saturated rings. The zero-order valence-corrected chi connectivity index (χ0v) is 26.4. The van der Waals surface area contributed by atoms with Gasteiger partial charge in [-0.1, -0.05) is 24.3 Å². The van der Waals surface area contributed by atoms with E-state index in [1.807, 2.05) is 24.3 Å². The maximum atomic E-state index is 14.9. The fraction of sp³-hybridized carbons (Fsp3) is 0.459. The molecule has 0 saturated carbocycles. The molecule has 246 valence electrons. The van der Waals surface area contributed by atoms with Crippen molar-refractivity contribution >= 4 is 17.4 Å². The number of likely N-dealkylation sites (tertiary alicyclic amines) is 1. The average Bonchev–Trinajstić information content (AvgIpc) is 3.25. The first-order chi connectivity index (χ1) is 23.1. The van der Waals surface area contributed by atoms with Gasteiger partial charge in [0.05, 0.1) is 38.2 Å². The summed E-state index contributed by atoms with van der Waals surface area (Å²) in [6, 6.07) is 17.9. The number of rotatable bonds is 11. The van der Waals surface area contributed by atoms with Gasteiger partial charge in [-0.05, 0) is 65.7 Å². The molecule has 2 aromatic heterocycles. The van der Waals surface area contributed by atoms with E-state index in [1.54, 1.807) is 6.07 Å². The number of carbonyl (C=O) groups excluding carboxylic acids is 1. The summed E-state index contributed by atoms with van der Waals surface area (Å²) in [5.41, 5.74) is 7.02. The van der Waals surface area contributed by atoms with E-state index in [4.69, 9.17) is 28.7 Å². The van der Waals surface area contributed by atoms with Gasteiger partial charge in [0, 0.05) is 66.8 Å². The van der Waals surface area contributed by atoms with Crippen LogP contribution in [0.2, 0.25) is 0 Å². The number of benzene rings is 2. The molecule has 4 aliphatic rings. The molecule has 0 spiro atoms. The van der Waals surface area contributed by atoms with Crippen molar-refractivity contribution in [2.45, 2.75) is 63.7 Å². The molecule has 4 aliphatic heterocycles. The van der Waals surface area contributed by atoms with Crippen LogP contribution in [0, 0.1) is 11.7 Å². The van der Waals surface area contributed by atoms with E-state index >= 15 is 0 Å². The molecule has 0 radical (unpaired) electrons. The standard InChI is InChI=1S/C37H40FN3O6/c38-34-13-25(30-20-44-21-30)3-4-27(34)22-47-36-6-5-28-18-43-19-29-14-40(9-7-33(29)37(28)39-36)15-31-12-26-2-1-24(17-45-23-42)11-35(26)41(31)16-32-8-10-46-32/h1-6,11-13,23,29-30,32-33H,7-10,14-22H2/t29-,32+,33-/m1/s1. The molecule has 0 unspecified atom stereocenters. The third kappa shape index (κ3) is 6.39. The highest BCUT2D eigenvalue weighted by molar-refractivity contribution is 5.82. The lowest BCUT2D eigenvalue weighted by Crippen LogP contribution is -2.41. The minimum atomic E-state index is -0.253. The third-order valence-electron chi connectivity index (χ3n) is 10.2. The number of nitrogens with zero attached hydrogens (tertiary/aromatic N) is 3. The van der Waals surface area contributed by atoms with Crippen LogP contribution in [-0.4, -0.2) is 66.5 Å². The Kier molecular flexibility index (Phi) is 8.66. The van der Waals surface area contributed by atoms with Gasteiger partial charge in [0.2, 0.25) is 5.88 Å². The zero-order chi connectivity index (χ0) is 31.7. The monoisotopic (exact) mass is 641 g/mol. The fourth-order valence-corrected chi connectivity index (χ4v) is 7.41. The van der Waals surface area contributed by atoms with Gasteiger partial charge in [0.25, 0.3) is 6.47 Å². The van der Waals surface area contributed by atoms with E-state index in [1.165, 1.54) is 11.1 Å². The maximum absolute atomic E-state index is 14.9. The Morgan fingerprint density at radius 2 is 1.91 bits per heavy atom. The minimum Gasteiger partial charge on any atom is -0.473 e. The first-order valence-corrected chi connectivity index (χ1v) is 16.7. The van der Waals surface area contributed by atoms with Crippen LogP contribution in [0.4, 0.5) is 4.39 Å². The molecule has 0 aliphatic carbocycles. The molecule has 0 amide bonds. The Labute approximate surface area is 273 Å². The molecule has 47 heavy (non-hydrogen) atoms. The number of fused-ring (bicyclic) bond motifs is 4. The number of aromatic nitrogens is 2. The van der Waals surface area contributed by atoms with E-state index in [0.29, 0.717) is 50.3 Å². The second-order valence-corrected chi connectivity index (χ2v) is 13.3. The van der Waals surface area contributed by atoms with Crippen molar-refractivity contribution in [1.82, 2.24) is 14.5 Å². The molecule has 9 nitrogen and oxygen atoms in total. The lowest BCUT2D eigenvalue weighted by molar-refractivity contribution is -0.129. The lowest BCUT2D eigenvalue weighted by Gasteiger charge is -2.38. The number of pyridine rings is 1. The summed E-state index contributed by atoms with van der Waals surface area (Å²) in [6.07, 6.45) is 2.25. The molecule has 0 N–H and O–H groups in total. The molecule has 10 heteroatoms. The molecular weight excluding hydrogens is 601 g/mol. The molecule has 0 bridgehead atoms. The largest absolute Gasteiger partial charge is 0.473 e. The van der Waals surface area contributed by atoms with Gasteiger partial charge in [-0.15, -0.1) is 0 Å². The summed E-state index contributed by atoms with van der Waals surface area (Å²) < 4.78 is 45.6. The van der Waals surface area contributed by atoms with Crippen molar-refractivity contribution < 1.29 is 32.9 Å². The predicted octanol–water partition coefficient (Wildman–Crippen LogP) is 5.47. The van der Waals surface area contributed by atoms with Crippen LogP contribution in [0.25, 0.3) is 10.9 Å². The van der Waals surface area contributed by atoms with Crippen molar-refractivity contribution in [1.29, 1.82) is 0 Å². The van der Waals surface area contributed by atoms with Crippen LogP contribution in [0.1, 0.15) is 58.3 Å². The Hall–Kier alpha value is -3.83. The van der Waals surface area contributed by atoms with Crippen molar-refractivity contribution in [3.8, 4) is 5.88 Å². The summed E-state index contributed by atoms with van der Waals surface area (Å²) in [4.78, 5) is 18.3. The Morgan fingerprint density at radius 1 is 1.00 bits per heavy atom. The molecule has 3 atom stereocenters. The number of carbonyl (C=O) groups is 1. The third-order valence-corrected chi connectivity index (χ3v) is 10.2. The summed E-state index contributed by atoms with van der Waals surface area (Å²) in [5, 5.41) is 1.18. The van der Waals surface area contributed by atoms with E-state index < -0.39 is 0 Å². The van der Waals surface area contributed by atoms with Gasteiger partial charge in [0.15, 0.2) is 0 Å². The highest BCUT2D eigenvalue weighted by Crippen LogP contribution is 2.38. The first kappa shape index (κ1) is 30.5. The van der Waals surface area contributed by atoms with E-state index in [2.05, 4.69) is 33.7 Å². The number of hydrogen-bond donors (Lipinski definition) is 0. The normalized spacial score (nSPS) is 22.9. The molecule has 8 rings (SSSR count). The average molecular weight is 642 g/mol. The molecule has 2 aromatic carbocycles. The Bertz CT molecular complexity index is 1750. The van der Waals surface area contributed by atoms with Crippen LogP contribution in [0.3, 0.4) is 0 Å². The topological polar surface area (TPSA) is 84.3 Å². The van der Waals surface area contributed by atoms with Crippen molar-refractivity contribution in [2.75, 3.05) is 39.5 Å². The van der Waals surface area contributed by atoms with Crippen LogP contribution in [0.15, 0.2) is 54.6 Å². The van der Waals surface area contributed by atoms with Gasteiger partial charge in [0.1, 0.15) is 19.0 Å². The molecule has 4 aromatic rings. The zero-order valence-electron chi connectivity index (χ0n) is 26.4. The fourth-order valence-electron chi connectivity index (χ4n) is 7.41. The van der Waals surface area contributed by atoms with Gasteiger partial charge in [-0.25, -0.2) is 9.37 Å². The van der Waals surface area contributed by atoms with Crippen molar-refractivity contribution in [3.05, 3.63) is 94.1 Å². The van der Waals surface area contributed by atoms with Gasteiger partial charge in [-0.3, -0.25) is 9.69 Å². The van der Waals surface area contributed by atoms with Gasteiger partial charge < -0.3 is 28.3 Å². The summed E-state index contributed by atoms with van der Waals surface area (Å²) in [5.74, 6) is 1.11. The number of halogens is 1. The van der Waals surface area contributed by atoms with E-state index in [-0.39, 0.29) is 37.0 Å². The summed E-state index contributed by atoms with van der Waals surface area (Å²) in [7, 11) is 0. The van der Waals surface area contributed by atoms with E-state index in [0.717, 1.165) is 73.5 Å². The summed E-state index contributed by atoms with van der Waals surface area (Å²) >= 11 is 0. The summed E-state index contributed by atoms with van der Waals surface area (Å²) in [6.45, 7) is 7.69. The smallest absolute Gasteiger partial charge is 0.293 e. The lowest BCUT2D eigenvalue weighted by atomic mass is 9.82. The highest BCUT2D eigenvalue weighted by atomic mass is 19.1. The quantitative estimate of drug-likeness (QED) is 0.200. The molecular formula is C37H40FN3O6. The van der Waals surface area contributed by atoms with Crippen LogP contribution in [0.5, 0.6) is 5.88 Å². The molecule has 6 heterocycles. The van der Waals surface area contributed by atoms with Gasteiger partial charge in [-0.2, -0.15) is 0 Å². The van der Waals surface area contributed by atoms with Crippen LogP contribution >= 0.6 is 0 Å². The van der Waals surface area contributed by atoms with E-state index in [9.17, 15) is 9.18 Å². The van der Waals surface area contributed by atoms with Crippen LogP contribution < -0.4 is 4.74 Å². The van der Waals surface area contributed by atoms with Gasteiger partial charge >= 0.3 is 0 Å². The minimum absolute atomic E-state index is 0.128. The number of piperidine rings is 1.